The average Bonchev–Trinajstić information content (AvgIpc) is 2.97. The van der Waals surface area contributed by atoms with Crippen molar-refractivity contribution in [3.8, 4) is 0 Å². The summed E-state index contributed by atoms with van der Waals surface area (Å²) in [4.78, 5) is 18.2. The van der Waals surface area contributed by atoms with Crippen molar-refractivity contribution in [3.63, 3.8) is 0 Å². The fourth-order valence-corrected chi connectivity index (χ4v) is 1.74. The van der Waals surface area contributed by atoms with Crippen molar-refractivity contribution in [1.82, 2.24) is 20.1 Å². The van der Waals surface area contributed by atoms with Gasteiger partial charge in [-0.05, 0) is 25.7 Å². The molecule has 0 atom stereocenters. The van der Waals surface area contributed by atoms with Crippen LogP contribution in [0, 0.1) is 5.92 Å². The molecular formula is C12H20N4O. The Morgan fingerprint density at radius 3 is 2.71 bits per heavy atom. The summed E-state index contributed by atoms with van der Waals surface area (Å²) in [5.74, 6) is 1.99. The van der Waals surface area contributed by atoms with E-state index in [-0.39, 0.29) is 11.8 Å². The zero-order valence-corrected chi connectivity index (χ0v) is 10.7. The molecule has 0 radical (unpaired) electrons. The molecule has 1 aromatic heterocycles. The van der Waals surface area contributed by atoms with Gasteiger partial charge in [0.1, 0.15) is 5.82 Å². The van der Waals surface area contributed by atoms with Crippen LogP contribution in [0.2, 0.25) is 0 Å². The van der Waals surface area contributed by atoms with E-state index in [1.165, 1.54) is 12.8 Å². The Kier molecular flexibility index (Phi) is 3.45. The van der Waals surface area contributed by atoms with Gasteiger partial charge in [0.05, 0.1) is 0 Å². The van der Waals surface area contributed by atoms with Gasteiger partial charge in [-0.25, -0.2) is 4.98 Å². The minimum atomic E-state index is -0.0532. The summed E-state index contributed by atoms with van der Waals surface area (Å²) in [6.07, 6.45) is 2.49. The van der Waals surface area contributed by atoms with Crippen molar-refractivity contribution in [3.05, 3.63) is 11.6 Å². The maximum atomic E-state index is 12.2. The monoisotopic (exact) mass is 236 g/mol. The molecule has 1 aliphatic carbocycles. The largest absolute Gasteiger partial charge is 0.336 e. The molecule has 5 nitrogen and oxygen atoms in total. The number of rotatable bonds is 5. The number of nitrogens with one attached hydrogen (secondary N) is 1. The number of hydrogen-bond donors (Lipinski definition) is 1. The number of H-pyrrole nitrogens is 1. The van der Waals surface area contributed by atoms with Gasteiger partial charge in [-0.1, -0.05) is 13.8 Å². The number of amides is 1. The van der Waals surface area contributed by atoms with Gasteiger partial charge in [0.2, 0.25) is 5.82 Å². The summed E-state index contributed by atoms with van der Waals surface area (Å²) < 4.78 is 0. The van der Waals surface area contributed by atoms with Crippen LogP contribution in [0.15, 0.2) is 0 Å². The van der Waals surface area contributed by atoms with Crippen LogP contribution < -0.4 is 0 Å². The normalized spacial score (nSPS) is 15.3. The fraction of sp³-hybridized carbons (Fsp3) is 0.750. The predicted molar refractivity (Wildman–Crippen MR) is 64.8 cm³/mol. The Balaban J connectivity index is 2.05. The van der Waals surface area contributed by atoms with Crippen molar-refractivity contribution in [2.24, 2.45) is 5.92 Å². The van der Waals surface area contributed by atoms with E-state index in [1.54, 1.807) is 0 Å². The van der Waals surface area contributed by atoms with E-state index >= 15 is 0 Å². The molecule has 1 heterocycles. The topological polar surface area (TPSA) is 61.9 Å². The molecule has 0 saturated heterocycles. The lowest BCUT2D eigenvalue weighted by molar-refractivity contribution is 0.0745. The minimum Gasteiger partial charge on any atom is -0.336 e. The lowest BCUT2D eigenvalue weighted by Gasteiger charge is -2.18. The molecular weight excluding hydrogens is 216 g/mol. The summed E-state index contributed by atoms with van der Waals surface area (Å²) in [7, 11) is 0. The van der Waals surface area contributed by atoms with Crippen molar-refractivity contribution in [1.29, 1.82) is 0 Å². The summed E-state index contributed by atoms with van der Waals surface area (Å²) in [6.45, 7) is 7.62. The third-order valence-electron chi connectivity index (χ3n) is 3.09. The number of nitrogens with zero attached hydrogens (tertiary/aromatic N) is 3. The van der Waals surface area contributed by atoms with Crippen molar-refractivity contribution in [2.45, 2.75) is 39.5 Å². The van der Waals surface area contributed by atoms with Crippen LogP contribution >= 0.6 is 0 Å². The van der Waals surface area contributed by atoms with Crippen molar-refractivity contribution < 1.29 is 4.79 Å². The quantitative estimate of drug-likeness (QED) is 0.848. The minimum absolute atomic E-state index is 0.0532. The molecule has 0 unspecified atom stereocenters. The van der Waals surface area contributed by atoms with E-state index < -0.39 is 0 Å². The first kappa shape index (κ1) is 12.1. The van der Waals surface area contributed by atoms with Crippen LogP contribution in [0.4, 0.5) is 0 Å². The summed E-state index contributed by atoms with van der Waals surface area (Å²) in [5.41, 5.74) is 0. The standard InChI is InChI=1S/C12H20N4O/c1-4-16(7-9-5-6-9)12(17)11-13-10(8(2)3)14-15-11/h8-9H,4-7H2,1-3H3,(H,13,14,15). The molecule has 17 heavy (non-hydrogen) atoms. The van der Waals surface area contributed by atoms with Crippen molar-refractivity contribution in [2.75, 3.05) is 13.1 Å². The van der Waals surface area contributed by atoms with E-state index in [0.717, 1.165) is 18.9 Å². The highest BCUT2D eigenvalue weighted by Crippen LogP contribution is 2.29. The molecule has 2 rings (SSSR count). The van der Waals surface area contributed by atoms with Crippen LogP contribution in [0.3, 0.4) is 0 Å². The zero-order chi connectivity index (χ0) is 12.4. The summed E-state index contributed by atoms with van der Waals surface area (Å²) >= 11 is 0. The molecule has 94 valence electrons. The number of aromatic amines is 1. The molecule has 0 spiro atoms. The molecule has 1 N–H and O–H groups in total. The highest BCUT2D eigenvalue weighted by molar-refractivity contribution is 5.90. The van der Waals surface area contributed by atoms with Gasteiger partial charge in [0, 0.05) is 19.0 Å². The maximum absolute atomic E-state index is 12.2. The van der Waals surface area contributed by atoms with E-state index in [9.17, 15) is 4.79 Å². The van der Waals surface area contributed by atoms with Crippen molar-refractivity contribution >= 4 is 5.91 Å². The molecule has 1 amide bonds. The van der Waals surface area contributed by atoms with Crippen LogP contribution in [0.25, 0.3) is 0 Å². The van der Waals surface area contributed by atoms with Crippen LogP contribution in [-0.2, 0) is 0 Å². The van der Waals surface area contributed by atoms with Crippen LogP contribution in [0.1, 0.15) is 56.0 Å². The third kappa shape index (κ3) is 2.84. The van der Waals surface area contributed by atoms with Gasteiger partial charge in [-0.15, -0.1) is 5.10 Å². The van der Waals surface area contributed by atoms with Gasteiger partial charge >= 0.3 is 0 Å². The van der Waals surface area contributed by atoms with Gasteiger partial charge in [-0.3, -0.25) is 9.89 Å². The average molecular weight is 236 g/mol. The first-order valence-electron chi connectivity index (χ1n) is 6.33. The molecule has 1 aromatic rings. The van der Waals surface area contributed by atoms with Gasteiger partial charge in [0.25, 0.3) is 5.91 Å². The number of carbonyl (C=O) groups is 1. The molecule has 1 aliphatic rings. The van der Waals surface area contributed by atoms with E-state index in [4.69, 9.17) is 0 Å². The SMILES string of the molecule is CCN(CC1CC1)C(=O)c1n[nH]c(C(C)C)n1. The predicted octanol–water partition coefficient (Wildman–Crippen LogP) is 1.80. The van der Waals surface area contributed by atoms with Crippen LogP contribution in [-0.4, -0.2) is 39.1 Å². The zero-order valence-electron chi connectivity index (χ0n) is 10.7. The summed E-state index contributed by atoms with van der Waals surface area (Å²) in [5, 5.41) is 6.83. The van der Waals surface area contributed by atoms with Crippen LogP contribution in [0.5, 0.6) is 0 Å². The molecule has 0 aliphatic heterocycles. The lowest BCUT2D eigenvalue weighted by Crippen LogP contribution is -2.33. The Hall–Kier alpha value is -1.39. The Morgan fingerprint density at radius 2 is 2.24 bits per heavy atom. The van der Waals surface area contributed by atoms with Gasteiger partial charge in [-0.2, -0.15) is 0 Å². The van der Waals surface area contributed by atoms with Gasteiger partial charge in [0.15, 0.2) is 0 Å². The molecule has 0 bridgehead atoms. The van der Waals surface area contributed by atoms with E-state index in [0.29, 0.717) is 11.7 Å². The second-order valence-electron chi connectivity index (χ2n) is 4.99. The Morgan fingerprint density at radius 1 is 1.53 bits per heavy atom. The van der Waals surface area contributed by atoms with E-state index in [1.807, 2.05) is 25.7 Å². The highest BCUT2D eigenvalue weighted by Gasteiger charge is 2.28. The fourth-order valence-electron chi connectivity index (χ4n) is 1.74. The number of carbonyl (C=O) groups excluding carboxylic acids is 1. The first-order valence-corrected chi connectivity index (χ1v) is 6.33. The third-order valence-corrected chi connectivity index (χ3v) is 3.09. The smallest absolute Gasteiger partial charge is 0.293 e. The van der Waals surface area contributed by atoms with Gasteiger partial charge < -0.3 is 4.90 Å². The Labute approximate surface area is 102 Å². The molecule has 5 heteroatoms. The lowest BCUT2D eigenvalue weighted by atomic mass is 10.2. The summed E-state index contributed by atoms with van der Waals surface area (Å²) in [6, 6.07) is 0. The second-order valence-corrected chi connectivity index (χ2v) is 4.99. The van der Waals surface area contributed by atoms with E-state index in [2.05, 4.69) is 15.2 Å². The number of aromatic nitrogens is 3. The second kappa shape index (κ2) is 4.85. The first-order chi connectivity index (χ1) is 8.11. The molecule has 0 aromatic carbocycles. The highest BCUT2D eigenvalue weighted by atomic mass is 16.2. The Bertz CT molecular complexity index is 395. The number of hydrogen-bond acceptors (Lipinski definition) is 3. The molecule has 1 fully saturated rings. The maximum Gasteiger partial charge on any atom is 0.293 e. The molecule has 1 saturated carbocycles.